The number of rotatable bonds is 7. The summed E-state index contributed by atoms with van der Waals surface area (Å²) in [6.45, 7) is 0.214. The third-order valence-corrected chi connectivity index (χ3v) is 4.54. The zero-order valence-corrected chi connectivity index (χ0v) is 10.2. The van der Waals surface area contributed by atoms with E-state index in [2.05, 4.69) is 0 Å². The predicted molar refractivity (Wildman–Crippen MR) is 68.1 cm³/mol. The van der Waals surface area contributed by atoms with Crippen LogP contribution in [0.3, 0.4) is 0 Å². The van der Waals surface area contributed by atoms with Crippen LogP contribution in [-0.4, -0.2) is 39.9 Å². The molecule has 0 fully saturated rings. The molecule has 0 aromatic heterocycles. The Labute approximate surface area is 103 Å². The van der Waals surface area contributed by atoms with Crippen LogP contribution >= 0.6 is 0 Å². The number of aliphatic hydroxyl groups is 2. The van der Waals surface area contributed by atoms with Gasteiger partial charge in [-0.05, 0) is 23.0 Å². The summed E-state index contributed by atoms with van der Waals surface area (Å²) in [4.78, 5) is 10.1. The maximum absolute atomic E-state index is 10.5. The summed E-state index contributed by atoms with van der Waals surface area (Å²) in [6.07, 6.45) is 0. The molecule has 0 spiro atoms. The zero-order chi connectivity index (χ0) is 12.7. The number of aliphatic hydroxyl groups excluding tert-OH is 2. The first-order valence-corrected chi connectivity index (χ1v) is 6.99. The minimum atomic E-state index is -0.426. The van der Waals surface area contributed by atoms with Crippen LogP contribution < -0.4 is 0 Å². The lowest BCUT2D eigenvalue weighted by Crippen LogP contribution is -2.19. The molecule has 0 heterocycles. The molecule has 0 radical (unpaired) electrons. The molecule has 0 unspecified atom stereocenters. The first kappa shape index (κ1) is 14.0. The molecule has 1 aromatic rings. The zero-order valence-electron chi connectivity index (χ0n) is 9.41. The summed E-state index contributed by atoms with van der Waals surface area (Å²) in [7, 11) is -0.0627. The fourth-order valence-corrected chi connectivity index (χ4v) is 3.13. The SMILES string of the molecule is O=[N+]([O-])c1ccc(C[S+](CCO)CCO)cc1. The third-order valence-electron chi connectivity index (χ3n) is 2.28. The second-order valence-electron chi connectivity index (χ2n) is 3.54. The van der Waals surface area contributed by atoms with E-state index in [0.29, 0.717) is 11.5 Å². The van der Waals surface area contributed by atoms with E-state index in [0.717, 1.165) is 11.3 Å². The van der Waals surface area contributed by atoms with Crippen molar-refractivity contribution < 1.29 is 15.1 Å². The fraction of sp³-hybridized carbons (Fsp3) is 0.455. The molecule has 0 atom stereocenters. The topological polar surface area (TPSA) is 83.6 Å². The van der Waals surface area contributed by atoms with Gasteiger partial charge in [0, 0.05) is 17.7 Å². The van der Waals surface area contributed by atoms with Crippen molar-refractivity contribution in [2.45, 2.75) is 5.75 Å². The monoisotopic (exact) mass is 258 g/mol. The Balaban J connectivity index is 2.62. The van der Waals surface area contributed by atoms with Crippen LogP contribution in [0.1, 0.15) is 5.56 Å². The van der Waals surface area contributed by atoms with Gasteiger partial charge >= 0.3 is 0 Å². The molecule has 0 saturated heterocycles. The van der Waals surface area contributed by atoms with Crippen molar-refractivity contribution in [2.24, 2.45) is 0 Å². The van der Waals surface area contributed by atoms with Gasteiger partial charge in [0.25, 0.3) is 5.69 Å². The van der Waals surface area contributed by atoms with Crippen LogP contribution in [0, 0.1) is 10.1 Å². The standard InChI is InChI=1S/C11H16NO4S/c13-5-7-17(8-6-14)9-10-1-3-11(4-2-10)12(15)16/h1-4,13-14H,5-9H2/q+1. The maximum atomic E-state index is 10.5. The first-order chi connectivity index (χ1) is 8.17. The number of nitro benzene ring substituents is 1. The first-order valence-electron chi connectivity index (χ1n) is 5.26. The third kappa shape index (κ3) is 4.72. The smallest absolute Gasteiger partial charge is 0.269 e. The molecule has 1 rings (SSSR count). The Hall–Kier alpha value is -1.11. The Morgan fingerprint density at radius 3 is 2.06 bits per heavy atom. The summed E-state index contributed by atoms with van der Waals surface area (Å²) >= 11 is 0. The van der Waals surface area contributed by atoms with Crippen molar-refractivity contribution in [2.75, 3.05) is 24.7 Å². The second-order valence-corrected chi connectivity index (χ2v) is 5.87. The number of benzene rings is 1. The van der Waals surface area contributed by atoms with Gasteiger partial charge in [0.2, 0.25) is 0 Å². The predicted octanol–water partition coefficient (Wildman–Crippen LogP) is 0.698. The maximum Gasteiger partial charge on any atom is 0.269 e. The summed E-state index contributed by atoms with van der Waals surface area (Å²) in [5.41, 5.74) is 1.08. The minimum Gasteiger partial charge on any atom is -0.391 e. The van der Waals surface area contributed by atoms with Crippen molar-refractivity contribution in [3.8, 4) is 0 Å². The highest BCUT2D eigenvalue weighted by Gasteiger charge is 2.17. The highest BCUT2D eigenvalue weighted by Crippen LogP contribution is 2.15. The number of nitrogens with zero attached hydrogens (tertiary/aromatic N) is 1. The lowest BCUT2D eigenvalue weighted by atomic mass is 10.2. The largest absolute Gasteiger partial charge is 0.391 e. The highest BCUT2D eigenvalue weighted by molar-refractivity contribution is 7.96. The van der Waals surface area contributed by atoms with Crippen molar-refractivity contribution in [3.05, 3.63) is 39.9 Å². The number of hydrogen-bond acceptors (Lipinski definition) is 4. The fourth-order valence-electron chi connectivity index (χ4n) is 1.45. The molecule has 6 heteroatoms. The van der Waals surface area contributed by atoms with E-state index in [9.17, 15) is 10.1 Å². The molecular formula is C11H16NO4S+. The molecule has 0 bridgehead atoms. The Morgan fingerprint density at radius 2 is 1.65 bits per heavy atom. The van der Waals surface area contributed by atoms with E-state index in [4.69, 9.17) is 10.2 Å². The highest BCUT2D eigenvalue weighted by atomic mass is 32.2. The van der Waals surface area contributed by atoms with Crippen LogP contribution in [-0.2, 0) is 16.6 Å². The van der Waals surface area contributed by atoms with Gasteiger partial charge < -0.3 is 10.2 Å². The van der Waals surface area contributed by atoms with Gasteiger partial charge in [-0.25, -0.2) is 0 Å². The van der Waals surface area contributed by atoms with E-state index in [-0.39, 0.29) is 29.8 Å². The van der Waals surface area contributed by atoms with Gasteiger partial charge in [0.1, 0.15) is 17.3 Å². The summed E-state index contributed by atoms with van der Waals surface area (Å²) in [5.74, 6) is 2.08. The lowest BCUT2D eigenvalue weighted by molar-refractivity contribution is -0.384. The van der Waals surface area contributed by atoms with E-state index >= 15 is 0 Å². The van der Waals surface area contributed by atoms with Crippen molar-refractivity contribution >= 4 is 16.6 Å². The molecule has 5 nitrogen and oxygen atoms in total. The average molecular weight is 258 g/mol. The molecule has 94 valence electrons. The summed E-state index contributed by atoms with van der Waals surface area (Å²) in [5, 5.41) is 28.3. The van der Waals surface area contributed by atoms with Crippen molar-refractivity contribution in [1.82, 2.24) is 0 Å². The molecule has 0 aliphatic heterocycles. The van der Waals surface area contributed by atoms with Crippen LogP contribution in [0.15, 0.2) is 24.3 Å². The number of non-ortho nitro benzene ring substituents is 1. The van der Waals surface area contributed by atoms with Crippen LogP contribution in [0.2, 0.25) is 0 Å². The van der Waals surface area contributed by atoms with Gasteiger partial charge in [0.15, 0.2) is 0 Å². The van der Waals surface area contributed by atoms with Crippen molar-refractivity contribution in [1.29, 1.82) is 0 Å². The van der Waals surface area contributed by atoms with E-state index in [1.807, 2.05) is 0 Å². The average Bonchev–Trinajstić information content (AvgIpc) is 2.30. The molecule has 17 heavy (non-hydrogen) atoms. The Morgan fingerprint density at radius 1 is 1.12 bits per heavy atom. The van der Waals surface area contributed by atoms with Gasteiger partial charge in [-0.1, -0.05) is 0 Å². The van der Waals surface area contributed by atoms with Gasteiger partial charge in [0.05, 0.1) is 18.1 Å². The van der Waals surface area contributed by atoms with E-state index < -0.39 is 4.92 Å². The van der Waals surface area contributed by atoms with Crippen molar-refractivity contribution in [3.63, 3.8) is 0 Å². The second kappa shape index (κ2) is 7.26. The van der Waals surface area contributed by atoms with Crippen LogP contribution in [0.4, 0.5) is 5.69 Å². The minimum absolute atomic E-state index is 0.0627. The van der Waals surface area contributed by atoms with Crippen LogP contribution in [0.5, 0.6) is 0 Å². The summed E-state index contributed by atoms with van der Waals surface area (Å²) in [6, 6.07) is 6.42. The van der Waals surface area contributed by atoms with Gasteiger partial charge in [-0.2, -0.15) is 0 Å². The molecule has 0 aliphatic rings. The molecule has 0 aliphatic carbocycles. The van der Waals surface area contributed by atoms with Crippen LogP contribution in [0.25, 0.3) is 0 Å². The normalized spacial score (nSPS) is 10.8. The summed E-state index contributed by atoms with van der Waals surface area (Å²) < 4.78 is 0. The molecular weight excluding hydrogens is 242 g/mol. The Kier molecular flexibility index (Phi) is 5.96. The molecule has 0 saturated carbocycles. The number of hydrogen-bond donors (Lipinski definition) is 2. The van der Waals surface area contributed by atoms with Gasteiger partial charge in [-0.15, -0.1) is 0 Å². The van der Waals surface area contributed by atoms with Gasteiger partial charge in [-0.3, -0.25) is 10.1 Å². The van der Waals surface area contributed by atoms with E-state index in [1.165, 1.54) is 12.1 Å². The lowest BCUT2D eigenvalue weighted by Gasteiger charge is -2.06. The molecule has 0 amide bonds. The van der Waals surface area contributed by atoms with E-state index in [1.54, 1.807) is 12.1 Å². The quantitative estimate of drug-likeness (QED) is 0.428. The number of nitro groups is 1. The molecule has 2 N–H and O–H groups in total. The Bertz CT molecular complexity index is 349. The molecule has 1 aromatic carbocycles.